The summed E-state index contributed by atoms with van der Waals surface area (Å²) in [6, 6.07) is 8.28. The molecule has 2 aromatic rings. The van der Waals surface area contributed by atoms with E-state index in [1.54, 1.807) is 25.3 Å². The van der Waals surface area contributed by atoms with Gasteiger partial charge in [-0.1, -0.05) is 23.2 Å². The van der Waals surface area contributed by atoms with Crippen molar-refractivity contribution < 1.29 is 13.2 Å². The molecule has 27 heavy (non-hydrogen) atoms. The Kier molecular flexibility index (Phi) is 5.91. The van der Waals surface area contributed by atoms with Gasteiger partial charge in [0.25, 0.3) is 10.0 Å². The lowest BCUT2D eigenvalue weighted by molar-refractivity contribution is 0.263. The minimum Gasteiger partial charge on any atom is -0.496 e. The number of sulfonamides is 1. The summed E-state index contributed by atoms with van der Waals surface area (Å²) in [4.78, 5) is 2.43. The highest BCUT2D eigenvalue weighted by Crippen LogP contribution is 2.36. The normalized spacial score (nSPS) is 16.9. The number of nitrogens with one attached hydrogen (secondary N) is 1. The average molecular weight is 429 g/mol. The highest BCUT2D eigenvalue weighted by Gasteiger charge is 2.29. The van der Waals surface area contributed by atoms with Crippen LogP contribution in [-0.4, -0.2) is 40.6 Å². The molecule has 1 N–H and O–H groups in total. The van der Waals surface area contributed by atoms with Crippen LogP contribution >= 0.6 is 23.2 Å². The molecule has 146 valence electrons. The predicted molar refractivity (Wildman–Crippen MR) is 110 cm³/mol. The topological polar surface area (TPSA) is 58.6 Å². The standard InChI is InChI=1S/C19H22Cl2N2O3S/c1-23(2)15-4-5-16-17(11-15)18(26-3)6-7-19(16)27(24,25)22-14-9-12(20)8-13(21)10-14/h6-10,15,22H,4-5,11H2,1-3H3/t15-/m0/s1. The first-order valence-electron chi connectivity index (χ1n) is 8.55. The van der Waals surface area contributed by atoms with E-state index >= 15 is 0 Å². The molecular weight excluding hydrogens is 407 g/mol. The molecule has 1 aliphatic rings. The third-order valence-corrected chi connectivity index (χ3v) is 6.77. The van der Waals surface area contributed by atoms with Crippen LogP contribution < -0.4 is 9.46 Å². The van der Waals surface area contributed by atoms with Gasteiger partial charge in [0.05, 0.1) is 17.7 Å². The molecule has 0 radical (unpaired) electrons. The summed E-state index contributed by atoms with van der Waals surface area (Å²) in [5, 5.41) is 0.733. The Bertz CT molecular complexity index is 941. The van der Waals surface area contributed by atoms with Gasteiger partial charge in [0.1, 0.15) is 5.75 Å². The molecule has 0 unspecified atom stereocenters. The lowest BCUT2D eigenvalue weighted by Gasteiger charge is -2.31. The maximum atomic E-state index is 13.1. The van der Waals surface area contributed by atoms with Crippen LogP contribution in [0.5, 0.6) is 5.75 Å². The first kappa shape index (κ1) is 20.3. The Hall–Kier alpha value is -1.47. The van der Waals surface area contributed by atoms with Gasteiger partial charge >= 0.3 is 0 Å². The first-order chi connectivity index (χ1) is 12.7. The van der Waals surface area contributed by atoms with Crippen LogP contribution in [0.2, 0.25) is 10.0 Å². The lowest BCUT2D eigenvalue weighted by Crippen LogP contribution is -2.34. The number of rotatable bonds is 5. The number of benzene rings is 2. The van der Waals surface area contributed by atoms with Crippen LogP contribution in [0.25, 0.3) is 0 Å². The van der Waals surface area contributed by atoms with Crippen LogP contribution in [0.3, 0.4) is 0 Å². The van der Waals surface area contributed by atoms with E-state index in [9.17, 15) is 8.42 Å². The van der Waals surface area contributed by atoms with Gasteiger partial charge in [-0.25, -0.2) is 8.42 Å². The summed E-state index contributed by atoms with van der Waals surface area (Å²) < 4.78 is 34.2. The second-order valence-electron chi connectivity index (χ2n) is 6.85. The Morgan fingerprint density at radius 2 is 1.78 bits per heavy atom. The SMILES string of the molecule is COc1ccc(S(=O)(=O)Nc2cc(Cl)cc(Cl)c2)c2c1C[C@@H](N(C)C)CC2. The number of fused-ring (bicyclic) bond motifs is 1. The van der Waals surface area contributed by atoms with Gasteiger partial charge in [0, 0.05) is 21.7 Å². The van der Waals surface area contributed by atoms with Crippen molar-refractivity contribution in [2.24, 2.45) is 0 Å². The average Bonchev–Trinajstić information content (AvgIpc) is 2.58. The third-order valence-electron chi connectivity index (χ3n) is 4.87. The summed E-state index contributed by atoms with van der Waals surface area (Å²) in [5.41, 5.74) is 2.10. The summed E-state index contributed by atoms with van der Waals surface area (Å²) in [6.45, 7) is 0. The van der Waals surface area contributed by atoms with E-state index in [2.05, 4.69) is 9.62 Å². The molecule has 0 bridgehead atoms. The maximum Gasteiger partial charge on any atom is 0.262 e. The van der Waals surface area contributed by atoms with Gasteiger partial charge in [-0.3, -0.25) is 4.72 Å². The highest BCUT2D eigenvalue weighted by atomic mass is 35.5. The Morgan fingerprint density at radius 1 is 1.11 bits per heavy atom. The van der Waals surface area contributed by atoms with Crippen molar-refractivity contribution in [3.63, 3.8) is 0 Å². The van der Waals surface area contributed by atoms with Gasteiger partial charge in [0.15, 0.2) is 0 Å². The largest absolute Gasteiger partial charge is 0.496 e. The van der Waals surface area contributed by atoms with Crippen molar-refractivity contribution in [2.75, 3.05) is 25.9 Å². The summed E-state index contributed by atoms with van der Waals surface area (Å²) in [5.74, 6) is 0.723. The van der Waals surface area contributed by atoms with Crippen molar-refractivity contribution in [2.45, 2.75) is 30.2 Å². The minimum absolute atomic E-state index is 0.270. The van der Waals surface area contributed by atoms with E-state index in [0.717, 1.165) is 29.7 Å². The van der Waals surface area contributed by atoms with Crippen molar-refractivity contribution in [1.82, 2.24) is 4.90 Å². The molecular formula is C19H22Cl2N2O3S. The van der Waals surface area contributed by atoms with Crippen LogP contribution in [0.1, 0.15) is 17.5 Å². The maximum absolute atomic E-state index is 13.1. The molecule has 5 nitrogen and oxygen atoms in total. The monoisotopic (exact) mass is 428 g/mol. The Morgan fingerprint density at radius 3 is 2.37 bits per heavy atom. The Balaban J connectivity index is 2.02. The van der Waals surface area contributed by atoms with Gasteiger partial charge in [-0.15, -0.1) is 0 Å². The molecule has 3 rings (SSSR count). The zero-order chi connectivity index (χ0) is 19.8. The molecule has 0 heterocycles. The van der Waals surface area contributed by atoms with E-state index in [0.29, 0.717) is 28.2 Å². The number of hydrogen-bond donors (Lipinski definition) is 1. The smallest absolute Gasteiger partial charge is 0.262 e. The number of nitrogens with zero attached hydrogens (tertiary/aromatic N) is 1. The quantitative estimate of drug-likeness (QED) is 0.773. The molecule has 0 saturated carbocycles. The van der Waals surface area contributed by atoms with Crippen molar-refractivity contribution in [3.05, 3.63) is 51.5 Å². The summed E-state index contributed by atoms with van der Waals surface area (Å²) in [6.07, 6.45) is 2.30. The molecule has 0 amide bonds. The van der Waals surface area contributed by atoms with Crippen molar-refractivity contribution in [3.8, 4) is 5.75 Å². The van der Waals surface area contributed by atoms with E-state index in [1.807, 2.05) is 14.1 Å². The number of ether oxygens (including phenoxy) is 1. The van der Waals surface area contributed by atoms with Crippen LogP contribution in [0.15, 0.2) is 35.2 Å². The fourth-order valence-electron chi connectivity index (χ4n) is 3.50. The predicted octanol–water partition coefficient (Wildman–Crippen LogP) is 4.22. The van der Waals surface area contributed by atoms with Crippen molar-refractivity contribution >= 4 is 38.9 Å². The zero-order valence-corrected chi connectivity index (χ0v) is 17.7. The second kappa shape index (κ2) is 7.87. The molecule has 0 fully saturated rings. The minimum atomic E-state index is -3.79. The number of likely N-dealkylation sites (N-methyl/N-ethyl adjacent to an activating group) is 1. The van der Waals surface area contributed by atoms with Crippen molar-refractivity contribution in [1.29, 1.82) is 0 Å². The van der Waals surface area contributed by atoms with Crippen LogP contribution in [0, 0.1) is 0 Å². The van der Waals surface area contributed by atoms with Gasteiger partial charge in [0.2, 0.25) is 0 Å². The molecule has 0 aliphatic heterocycles. The third kappa shape index (κ3) is 4.35. The van der Waals surface area contributed by atoms with E-state index < -0.39 is 10.0 Å². The Labute approximate surface area is 170 Å². The number of anilines is 1. The first-order valence-corrected chi connectivity index (χ1v) is 10.8. The van der Waals surface area contributed by atoms with E-state index in [-0.39, 0.29) is 4.90 Å². The highest BCUT2D eigenvalue weighted by molar-refractivity contribution is 7.92. The fraction of sp³-hybridized carbons (Fsp3) is 0.368. The zero-order valence-electron chi connectivity index (χ0n) is 15.4. The summed E-state index contributed by atoms with van der Waals surface area (Å²) in [7, 11) is 1.89. The molecule has 0 aromatic heterocycles. The van der Waals surface area contributed by atoms with Gasteiger partial charge < -0.3 is 9.64 Å². The molecule has 8 heteroatoms. The number of halogens is 2. The molecule has 1 atom stereocenters. The van der Waals surface area contributed by atoms with Crippen LogP contribution in [-0.2, 0) is 22.9 Å². The number of hydrogen-bond acceptors (Lipinski definition) is 4. The molecule has 0 spiro atoms. The molecule has 1 aliphatic carbocycles. The van der Waals surface area contributed by atoms with Gasteiger partial charge in [-0.05, 0) is 69.3 Å². The van der Waals surface area contributed by atoms with E-state index in [4.69, 9.17) is 27.9 Å². The van der Waals surface area contributed by atoms with Gasteiger partial charge in [-0.2, -0.15) is 0 Å². The summed E-state index contributed by atoms with van der Waals surface area (Å²) >= 11 is 12.0. The second-order valence-corrected chi connectivity index (χ2v) is 9.37. The van der Waals surface area contributed by atoms with E-state index in [1.165, 1.54) is 12.1 Å². The van der Waals surface area contributed by atoms with Crippen LogP contribution in [0.4, 0.5) is 5.69 Å². The lowest BCUT2D eigenvalue weighted by atomic mass is 9.87. The number of methoxy groups -OCH3 is 1. The molecule has 2 aromatic carbocycles. The fourth-order valence-corrected chi connectivity index (χ4v) is 5.36. The molecule has 0 saturated heterocycles.